The number of nitrogen functional groups attached to an aromatic ring is 1. The van der Waals surface area contributed by atoms with Gasteiger partial charge in [-0.2, -0.15) is 0 Å². The molecule has 0 bridgehead atoms. The number of amides is 1. The largest absolute Gasteiger partial charge is 0.508 e. The van der Waals surface area contributed by atoms with Crippen molar-refractivity contribution >= 4 is 17.3 Å². The summed E-state index contributed by atoms with van der Waals surface area (Å²) in [5, 5.41) is 9.37. The van der Waals surface area contributed by atoms with Crippen LogP contribution in [-0.4, -0.2) is 18.1 Å². The zero-order chi connectivity index (χ0) is 14.9. The summed E-state index contributed by atoms with van der Waals surface area (Å²) in [6.45, 7) is 0. The number of anilines is 2. The lowest BCUT2D eigenvalue weighted by atomic mass is 10.1. The van der Waals surface area contributed by atoms with Crippen LogP contribution in [-0.2, 0) is 0 Å². The molecule has 0 fully saturated rings. The van der Waals surface area contributed by atoms with E-state index in [2.05, 4.69) is 0 Å². The van der Waals surface area contributed by atoms with Crippen molar-refractivity contribution in [1.29, 1.82) is 0 Å². The first-order valence-electron chi connectivity index (χ1n) is 5.71. The second-order valence-electron chi connectivity index (χ2n) is 4.24. The fourth-order valence-corrected chi connectivity index (χ4v) is 1.77. The molecule has 104 valence electrons. The first kappa shape index (κ1) is 13.8. The number of rotatable bonds is 2. The van der Waals surface area contributed by atoms with Crippen molar-refractivity contribution in [2.75, 3.05) is 17.7 Å². The van der Waals surface area contributed by atoms with Gasteiger partial charge in [-0.1, -0.05) is 6.07 Å². The standard InChI is InChI=1S/C14H12F2N2O2/c1-18(9-3-2-4-10(19)7-9)14(20)11-5-8(15)6-12(17)13(11)16/h2-7,19H,17H2,1H3. The smallest absolute Gasteiger partial charge is 0.261 e. The number of nitrogens with two attached hydrogens (primary N) is 1. The summed E-state index contributed by atoms with van der Waals surface area (Å²) in [5.41, 5.74) is 4.74. The molecule has 0 aromatic heterocycles. The molecule has 1 amide bonds. The molecule has 0 heterocycles. The monoisotopic (exact) mass is 278 g/mol. The molecule has 0 spiro atoms. The summed E-state index contributed by atoms with van der Waals surface area (Å²) in [7, 11) is 1.39. The quantitative estimate of drug-likeness (QED) is 0.829. The van der Waals surface area contributed by atoms with E-state index < -0.39 is 28.8 Å². The molecule has 0 atom stereocenters. The predicted octanol–water partition coefficient (Wildman–Crippen LogP) is 2.53. The highest BCUT2D eigenvalue weighted by atomic mass is 19.1. The van der Waals surface area contributed by atoms with E-state index in [4.69, 9.17) is 5.73 Å². The van der Waals surface area contributed by atoms with Gasteiger partial charge in [0.05, 0.1) is 11.3 Å². The van der Waals surface area contributed by atoms with Gasteiger partial charge < -0.3 is 15.7 Å². The van der Waals surface area contributed by atoms with Gasteiger partial charge >= 0.3 is 0 Å². The third kappa shape index (κ3) is 2.54. The molecule has 2 aromatic carbocycles. The molecule has 20 heavy (non-hydrogen) atoms. The Morgan fingerprint density at radius 3 is 2.60 bits per heavy atom. The Balaban J connectivity index is 2.41. The third-order valence-corrected chi connectivity index (χ3v) is 2.82. The molecule has 0 radical (unpaired) electrons. The van der Waals surface area contributed by atoms with Crippen LogP contribution in [0.15, 0.2) is 36.4 Å². The zero-order valence-corrected chi connectivity index (χ0v) is 10.6. The van der Waals surface area contributed by atoms with Gasteiger partial charge in [-0.25, -0.2) is 8.78 Å². The van der Waals surface area contributed by atoms with E-state index >= 15 is 0 Å². The number of nitrogens with zero attached hydrogens (tertiary/aromatic N) is 1. The molecule has 2 aromatic rings. The Morgan fingerprint density at radius 1 is 1.25 bits per heavy atom. The number of carbonyl (C=O) groups is 1. The number of carbonyl (C=O) groups excluding carboxylic acids is 1. The number of hydrogen-bond donors (Lipinski definition) is 2. The van der Waals surface area contributed by atoms with E-state index in [9.17, 15) is 18.7 Å². The van der Waals surface area contributed by atoms with Crippen LogP contribution >= 0.6 is 0 Å². The molecule has 2 rings (SSSR count). The summed E-state index contributed by atoms with van der Waals surface area (Å²) >= 11 is 0. The van der Waals surface area contributed by atoms with Gasteiger partial charge in [0, 0.05) is 18.8 Å². The van der Waals surface area contributed by atoms with E-state index in [1.807, 2.05) is 0 Å². The van der Waals surface area contributed by atoms with Crippen molar-refractivity contribution < 1.29 is 18.7 Å². The lowest BCUT2D eigenvalue weighted by Gasteiger charge is -2.18. The Bertz CT molecular complexity index is 674. The van der Waals surface area contributed by atoms with Crippen LogP contribution in [0.5, 0.6) is 5.75 Å². The normalized spacial score (nSPS) is 10.3. The minimum Gasteiger partial charge on any atom is -0.508 e. The molecule has 6 heteroatoms. The highest BCUT2D eigenvalue weighted by molar-refractivity contribution is 6.06. The van der Waals surface area contributed by atoms with E-state index in [-0.39, 0.29) is 5.75 Å². The maximum atomic E-state index is 13.8. The average Bonchev–Trinajstić information content (AvgIpc) is 2.41. The average molecular weight is 278 g/mol. The van der Waals surface area contributed by atoms with Gasteiger partial charge in [-0.3, -0.25) is 4.79 Å². The highest BCUT2D eigenvalue weighted by Crippen LogP contribution is 2.23. The molecule has 0 saturated carbocycles. The van der Waals surface area contributed by atoms with Gasteiger partial charge in [0.15, 0.2) is 5.82 Å². The van der Waals surface area contributed by atoms with Crippen LogP contribution < -0.4 is 10.6 Å². The Hall–Kier alpha value is -2.63. The van der Waals surface area contributed by atoms with Gasteiger partial charge in [0.25, 0.3) is 5.91 Å². The lowest BCUT2D eigenvalue weighted by Crippen LogP contribution is -2.27. The van der Waals surface area contributed by atoms with E-state index in [0.717, 1.165) is 17.0 Å². The maximum absolute atomic E-state index is 13.8. The van der Waals surface area contributed by atoms with E-state index in [1.165, 1.54) is 25.2 Å². The molecular formula is C14H12F2N2O2. The van der Waals surface area contributed by atoms with Crippen molar-refractivity contribution in [2.24, 2.45) is 0 Å². The molecule has 0 aliphatic heterocycles. The van der Waals surface area contributed by atoms with Gasteiger partial charge in [-0.15, -0.1) is 0 Å². The first-order valence-corrected chi connectivity index (χ1v) is 5.71. The molecule has 0 aliphatic rings. The van der Waals surface area contributed by atoms with Crippen LogP contribution in [0.4, 0.5) is 20.2 Å². The predicted molar refractivity (Wildman–Crippen MR) is 71.6 cm³/mol. The second kappa shape index (κ2) is 5.16. The minimum atomic E-state index is -0.969. The fourth-order valence-electron chi connectivity index (χ4n) is 1.77. The van der Waals surface area contributed by atoms with Crippen LogP contribution in [0.1, 0.15) is 10.4 Å². The summed E-state index contributed by atoms with van der Waals surface area (Å²) in [4.78, 5) is 13.3. The summed E-state index contributed by atoms with van der Waals surface area (Å²) in [6, 6.07) is 7.44. The summed E-state index contributed by atoms with van der Waals surface area (Å²) < 4.78 is 27.0. The Labute approximate surface area is 114 Å². The zero-order valence-electron chi connectivity index (χ0n) is 10.6. The third-order valence-electron chi connectivity index (χ3n) is 2.82. The minimum absolute atomic E-state index is 0.0404. The topological polar surface area (TPSA) is 66.6 Å². The van der Waals surface area contributed by atoms with Gasteiger partial charge in [-0.05, 0) is 24.3 Å². The van der Waals surface area contributed by atoms with Crippen molar-refractivity contribution in [1.82, 2.24) is 0 Å². The number of halogens is 2. The van der Waals surface area contributed by atoms with Crippen LogP contribution in [0.3, 0.4) is 0 Å². The van der Waals surface area contributed by atoms with E-state index in [1.54, 1.807) is 6.07 Å². The Morgan fingerprint density at radius 2 is 1.95 bits per heavy atom. The van der Waals surface area contributed by atoms with Crippen LogP contribution in [0.25, 0.3) is 0 Å². The highest BCUT2D eigenvalue weighted by Gasteiger charge is 2.20. The molecule has 3 N–H and O–H groups in total. The molecule has 0 aliphatic carbocycles. The molecule has 0 unspecified atom stereocenters. The number of benzene rings is 2. The van der Waals surface area contributed by atoms with Gasteiger partial charge in [0.1, 0.15) is 11.6 Å². The second-order valence-corrected chi connectivity index (χ2v) is 4.24. The molecule has 0 saturated heterocycles. The van der Waals surface area contributed by atoms with E-state index in [0.29, 0.717) is 5.69 Å². The SMILES string of the molecule is CN(C(=O)c1cc(F)cc(N)c1F)c1cccc(O)c1. The Kier molecular flexibility index (Phi) is 3.56. The van der Waals surface area contributed by atoms with Crippen molar-refractivity contribution in [3.05, 3.63) is 53.6 Å². The number of aromatic hydroxyl groups is 1. The molecular weight excluding hydrogens is 266 g/mol. The number of phenols is 1. The van der Waals surface area contributed by atoms with Crippen molar-refractivity contribution in [2.45, 2.75) is 0 Å². The summed E-state index contributed by atoms with van der Waals surface area (Å²) in [5.74, 6) is -2.57. The molecule has 4 nitrogen and oxygen atoms in total. The van der Waals surface area contributed by atoms with Crippen LogP contribution in [0.2, 0.25) is 0 Å². The lowest BCUT2D eigenvalue weighted by molar-refractivity contribution is 0.0989. The van der Waals surface area contributed by atoms with Crippen LogP contribution in [0, 0.1) is 11.6 Å². The van der Waals surface area contributed by atoms with Crippen molar-refractivity contribution in [3.8, 4) is 5.75 Å². The first-order chi connectivity index (χ1) is 9.40. The summed E-state index contributed by atoms with van der Waals surface area (Å²) in [6.07, 6.45) is 0. The number of hydrogen-bond acceptors (Lipinski definition) is 3. The van der Waals surface area contributed by atoms with Crippen molar-refractivity contribution in [3.63, 3.8) is 0 Å². The maximum Gasteiger partial charge on any atom is 0.261 e. The fraction of sp³-hybridized carbons (Fsp3) is 0.0714. The number of phenolic OH excluding ortho intramolecular Hbond substituents is 1. The van der Waals surface area contributed by atoms with Gasteiger partial charge in [0.2, 0.25) is 0 Å².